The van der Waals surface area contributed by atoms with Crippen molar-refractivity contribution in [1.29, 1.82) is 0 Å². The molecule has 0 aliphatic carbocycles. The van der Waals surface area contributed by atoms with Crippen LogP contribution in [-0.4, -0.2) is 51.2 Å². The van der Waals surface area contributed by atoms with Crippen molar-refractivity contribution in [2.24, 2.45) is 10.2 Å². The van der Waals surface area contributed by atoms with E-state index in [1.807, 2.05) is 24.0 Å². The first-order valence-electron chi connectivity index (χ1n) is 12.0. The quantitative estimate of drug-likeness (QED) is 0.0657. The molecular formula is C27H32N4O6Si. The average Bonchev–Trinajstić information content (AvgIpc) is 2.87. The molecule has 0 unspecified atom stereocenters. The zero-order valence-corrected chi connectivity index (χ0v) is 23.3. The van der Waals surface area contributed by atoms with Crippen LogP contribution in [0, 0.1) is 21.6 Å². The number of likely N-dealkylation sites (N-methyl/N-ethyl adjacent to an activating group) is 1. The number of nitro groups is 1. The Morgan fingerprint density at radius 1 is 1.11 bits per heavy atom. The minimum atomic E-state index is -1.59. The van der Waals surface area contributed by atoms with Crippen LogP contribution in [0.25, 0.3) is 0 Å². The molecule has 0 aliphatic rings. The average molecular weight is 537 g/mol. The summed E-state index contributed by atoms with van der Waals surface area (Å²) in [7, 11) is -1.59. The van der Waals surface area contributed by atoms with Crippen LogP contribution in [0.4, 0.5) is 22.7 Å². The van der Waals surface area contributed by atoms with Gasteiger partial charge in [0.25, 0.3) is 5.69 Å². The Hall–Kier alpha value is -4.30. The SMILES string of the molecule is C=C(C)C(=O)OCCN(CC)c1ccc(/N=N/c2ccc(C(=O)OCC#C[Si](C)(C)C)cc2[N+](=O)[O-])cc1. The highest BCUT2D eigenvalue weighted by Gasteiger charge is 2.18. The van der Waals surface area contributed by atoms with E-state index in [-0.39, 0.29) is 30.2 Å². The predicted octanol–water partition coefficient (Wildman–Crippen LogP) is 5.99. The number of carbonyl (C=O) groups excluding carboxylic acids is 2. The molecule has 200 valence electrons. The third-order valence-electron chi connectivity index (χ3n) is 4.96. The standard InChI is InChI=1S/C27H32N4O6Si/c1-7-30(15-17-37-26(32)20(2)3)23-12-10-22(11-13-23)28-29-24-14-9-21(19-25(24)31(34)35)27(33)36-16-8-18-38(4,5)6/h9-14,19H,2,7,15-17H2,1,3-6H3/b29-28+. The zero-order valence-electron chi connectivity index (χ0n) is 22.3. The van der Waals surface area contributed by atoms with Gasteiger partial charge in [0.15, 0.2) is 12.3 Å². The summed E-state index contributed by atoms with van der Waals surface area (Å²) >= 11 is 0. The van der Waals surface area contributed by atoms with E-state index in [0.717, 1.165) is 11.8 Å². The third-order valence-corrected chi connectivity index (χ3v) is 5.89. The Morgan fingerprint density at radius 2 is 1.79 bits per heavy atom. The summed E-state index contributed by atoms with van der Waals surface area (Å²) in [4.78, 5) is 36.8. The molecule has 10 nitrogen and oxygen atoms in total. The number of ether oxygens (including phenoxy) is 2. The van der Waals surface area contributed by atoms with Crippen LogP contribution < -0.4 is 4.90 Å². The van der Waals surface area contributed by atoms with E-state index in [1.165, 1.54) is 12.1 Å². The third kappa shape index (κ3) is 9.63. The van der Waals surface area contributed by atoms with Crippen molar-refractivity contribution in [2.45, 2.75) is 33.5 Å². The lowest BCUT2D eigenvalue weighted by atomic mass is 10.2. The fraction of sp³-hybridized carbons (Fsp3) is 0.333. The molecule has 0 saturated heterocycles. The van der Waals surface area contributed by atoms with E-state index in [4.69, 9.17) is 9.47 Å². The molecule has 0 N–H and O–H groups in total. The molecule has 0 amide bonds. The molecule has 2 aromatic rings. The number of benzene rings is 2. The van der Waals surface area contributed by atoms with Gasteiger partial charge < -0.3 is 14.4 Å². The number of carbonyl (C=O) groups is 2. The van der Waals surface area contributed by atoms with Gasteiger partial charge in [-0.15, -0.1) is 10.7 Å². The number of hydrogen-bond donors (Lipinski definition) is 0. The van der Waals surface area contributed by atoms with E-state index >= 15 is 0 Å². The first kappa shape index (κ1) is 29.9. The Morgan fingerprint density at radius 3 is 2.37 bits per heavy atom. The second-order valence-corrected chi connectivity index (χ2v) is 14.1. The fourth-order valence-corrected chi connectivity index (χ4v) is 3.65. The maximum absolute atomic E-state index is 12.3. The van der Waals surface area contributed by atoms with Crippen LogP contribution in [0.2, 0.25) is 19.6 Å². The van der Waals surface area contributed by atoms with E-state index in [1.54, 1.807) is 19.1 Å². The molecule has 2 aromatic carbocycles. The van der Waals surface area contributed by atoms with Crippen molar-refractivity contribution < 1.29 is 24.0 Å². The van der Waals surface area contributed by atoms with Gasteiger partial charge in [-0.1, -0.05) is 32.1 Å². The van der Waals surface area contributed by atoms with Crippen LogP contribution in [0.5, 0.6) is 0 Å². The van der Waals surface area contributed by atoms with Crippen molar-refractivity contribution in [2.75, 3.05) is 31.2 Å². The molecule has 0 fully saturated rings. The van der Waals surface area contributed by atoms with E-state index in [9.17, 15) is 19.7 Å². The van der Waals surface area contributed by atoms with Gasteiger partial charge in [0.1, 0.15) is 14.7 Å². The minimum Gasteiger partial charge on any atom is -0.460 e. The zero-order chi connectivity index (χ0) is 28.3. The van der Waals surface area contributed by atoms with Gasteiger partial charge in [-0.2, -0.15) is 5.11 Å². The number of esters is 2. The monoisotopic (exact) mass is 536 g/mol. The molecule has 0 saturated carbocycles. The summed E-state index contributed by atoms with van der Waals surface area (Å²) in [5.74, 6) is 1.69. The Bertz CT molecular complexity index is 1270. The Balaban J connectivity index is 2.09. The van der Waals surface area contributed by atoms with E-state index in [2.05, 4.69) is 47.9 Å². The number of anilines is 1. The topological polar surface area (TPSA) is 124 Å². The summed E-state index contributed by atoms with van der Waals surface area (Å²) in [6, 6.07) is 11.0. The molecule has 11 heteroatoms. The fourth-order valence-electron chi connectivity index (χ4n) is 3.05. The molecule has 0 spiro atoms. The lowest BCUT2D eigenvalue weighted by Crippen LogP contribution is -2.28. The maximum atomic E-state index is 12.3. The van der Waals surface area contributed by atoms with Crippen molar-refractivity contribution in [1.82, 2.24) is 0 Å². The van der Waals surface area contributed by atoms with Gasteiger partial charge in [-0.05, 0) is 50.2 Å². The minimum absolute atomic E-state index is 0.00339. The van der Waals surface area contributed by atoms with E-state index < -0.39 is 24.9 Å². The number of rotatable bonds is 11. The van der Waals surface area contributed by atoms with Crippen molar-refractivity contribution in [3.63, 3.8) is 0 Å². The maximum Gasteiger partial charge on any atom is 0.339 e. The molecule has 0 atom stereocenters. The molecule has 0 radical (unpaired) electrons. The van der Waals surface area contributed by atoms with Gasteiger partial charge in [-0.3, -0.25) is 10.1 Å². The first-order chi connectivity index (χ1) is 17.9. The Kier molecular flexibility index (Phi) is 10.9. The highest BCUT2D eigenvalue weighted by Crippen LogP contribution is 2.30. The van der Waals surface area contributed by atoms with Crippen LogP contribution in [0.15, 0.2) is 64.8 Å². The molecule has 0 heterocycles. The second-order valence-electron chi connectivity index (χ2n) is 9.30. The van der Waals surface area contributed by atoms with Gasteiger partial charge in [0, 0.05) is 23.9 Å². The van der Waals surface area contributed by atoms with Crippen LogP contribution in [-0.2, 0) is 14.3 Å². The van der Waals surface area contributed by atoms with Crippen molar-refractivity contribution in [3.05, 3.63) is 70.3 Å². The Labute approximate surface area is 223 Å². The number of nitrogens with zero attached hydrogens (tertiary/aromatic N) is 4. The second kappa shape index (κ2) is 13.9. The highest BCUT2D eigenvalue weighted by atomic mass is 28.3. The number of hydrogen-bond acceptors (Lipinski definition) is 9. The van der Waals surface area contributed by atoms with E-state index in [0.29, 0.717) is 24.4 Å². The van der Waals surface area contributed by atoms with Gasteiger partial charge >= 0.3 is 11.9 Å². The predicted molar refractivity (Wildman–Crippen MR) is 149 cm³/mol. The van der Waals surface area contributed by atoms with Gasteiger partial charge in [0.05, 0.1) is 22.7 Å². The summed E-state index contributed by atoms with van der Waals surface area (Å²) in [5, 5.41) is 19.7. The molecule has 0 aromatic heterocycles. The lowest BCUT2D eigenvalue weighted by molar-refractivity contribution is -0.384. The molecule has 38 heavy (non-hydrogen) atoms. The normalized spacial score (nSPS) is 10.9. The summed E-state index contributed by atoms with van der Waals surface area (Å²) < 4.78 is 10.3. The summed E-state index contributed by atoms with van der Waals surface area (Å²) in [5.41, 5.74) is 4.47. The number of nitro benzene ring substituents is 1. The van der Waals surface area contributed by atoms with Crippen LogP contribution in [0.1, 0.15) is 24.2 Å². The van der Waals surface area contributed by atoms with Gasteiger partial charge in [0.2, 0.25) is 0 Å². The molecule has 0 aliphatic heterocycles. The van der Waals surface area contributed by atoms with Crippen molar-refractivity contribution >= 4 is 42.8 Å². The molecule has 2 rings (SSSR count). The van der Waals surface area contributed by atoms with Crippen LogP contribution >= 0.6 is 0 Å². The largest absolute Gasteiger partial charge is 0.460 e. The lowest BCUT2D eigenvalue weighted by Gasteiger charge is -2.22. The molecule has 0 bridgehead atoms. The highest BCUT2D eigenvalue weighted by molar-refractivity contribution is 6.83. The first-order valence-corrected chi connectivity index (χ1v) is 15.5. The number of azo groups is 1. The van der Waals surface area contributed by atoms with Crippen molar-refractivity contribution in [3.8, 4) is 11.5 Å². The smallest absolute Gasteiger partial charge is 0.339 e. The molecular weight excluding hydrogens is 504 g/mol. The van der Waals surface area contributed by atoms with Crippen LogP contribution in [0.3, 0.4) is 0 Å². The van der Waals surface area contributed by atoms with Gasteiger partial charge in [-0.25, -0.2) is 9.59 Å². The summed E-state index contributed by atoms with van der Waals surface area (Å²) in [6.07, 6.45) is 0. The summed E-state index contributed by atoms with van der Waals surface area (Å²) in [6.45, 7) is 14.7.